The molecular weight excluding hydrogens is 204 g/mol. The Hall–Kier alpha value is -0.570. The summed E-state index contributed by atoms with van der Waals surface area (Å²) in [4.78, 5) is 12.1. The number of ether oxygens (including phenoxy) is 2. The number of fused-ring (bicyclic) bond motifs is 4. The maximum Gasteiger partial charge on any atom is 0.314 e. The lowest BCUT2D eigenvalue weighted by atomic mass is 9.38. The van der Waals surface area contributed by atoms with E-state index in [1.54, 1.807) is 0 Å². The van der Waals surface area contributed by atoms with Gasteiger partial charge in [0.05, 0.1) is 11.5 Å². The normalized spacial score (nSPS) is 66.2. The molecule has 0 aromatic carbocycles. The summed E-state index contributed by atoms with van der Waals surface area (Å²) in [5, 5.41) is 0. The Morgan fingerprint density at radius 2 is 2.06 bits per heavy atom. The monoisotopic (exact) mass is 222 g/mol. The third-order valence-electron chi connectivity index (χ3n) is 5.98. The lowest BCUT2D eigenvalue weighted by molar-refractivity contribution is -0.439. The minimum atomic E-state index is -0.638. The van der Waals surface area contributed by atoms with Crippen LogP contribution < -0.4 is 0 Å². The fourth-order valence-electron chi connectivity index (χ4n) is 5.32. The van der Waals surface area contributed by atoms with Crippen LogP contribution in [0.5, 0.6) is 0 Å². The summed E-state index contributed by atoms with van der Waals surface area (Å²) in [6.07, 6.45) is 3.48. The molecule has 0 aromatic rings. The fraction of sp³-hybridized carbons (Fsp3) is 0.923. The third-order valence-corrected chi connectivity index (χ3v) is 5.98. The number of carbonyl (C=O) groups is 1. The molecular formula is C13H18O3. The van der Waals surface area contributed by atoms with Crippen molar-refractivity contribution in [2.75, 3.05) is 0 Å². The van der Waals surface area contributed by atoms with Gasteiger partial charge in [-0.2, -0.15) is 0 Å². The van der Waals surface area contributed by atoms with Gasteiger partial charge in [0.2, 0.25) is 5.79 Å². The molecule has 4 bridgehead atoms. The Balaban J connectivity index is 1.92. The van der Waals surface area contributed by atoms with Gasteiger partial charge in [-0.1, -0.05) is 6.92 Å². The van der Waals surface area contributed by atoms with Crippen molar-refractivity contribution in [1.82, 2.24) is 0 Å². The van der Waals surface area contributed by atoms with Crippen LogP contribution in [-0.2, 0) is 14.3 Å². The fourth-order valence-corrected chi connectivity index (χ4v) is 5.32. The molecule has 2 aliphatic carbocycles. The Bertz CT molecular complexity index is 406. The van der Waals surface area contributed by atoms with E-state index in [4.69, 9.17) is 9.47 Å². The van der Waals surface area contributed by atoms with Gasteiger partial charge < -0.3 is 9.47 Å². The smallest absolute Gasteiger partial charge is 0.314 e. The van der Waals surface area contributed by atoms with Crippen LogP contribution >= 0.6 is 0 Å². The summed E-state index contributed by atoms with van der Waals surface area (Å²) in [6, 6.07) is 0. The quantitative estimate of drug-likeness (QED) is 0.589. The first-order valence-electron chi connectivity index (χ1n) is 6.33. The average Bonchev–Trinajstić information content (AvgIpc) is 2.12. The molecule has 0 spiro atoms. The van der Waals surface area contributed by atoms with E-state index >= 15 is 0 Å². The van der Waals surface area contributed by atoms with E-state index in [0.29, 0.717) is 11.8 Å². The number of esters is 1. The van der Waals surface area contributed by atoms with Crippen molar-refractivity contribution in [2.45, 2.75) is 51.4 Å². The molecule has 0 N–H and O–H groups in total. The van der Waals surface area contributed by atoms with Gasteiger partial charge in [0.15, 0.2) is 0 Å². The standard InChI is InChI=1S/C13H18O3/c1-11-5-4-7-6-8(11)12(2)9(11)10(14)15-13(7,3)16-12/h7-9H,4-6H2,1-3H3/t7-,8-,9+,11+,12-,13+/m0/s1. The highest BCUT2D eigenvalue weighted by Crippen LogP contribution is 2.73. The molecule has 0 unspecified atom stereocenters. The highest BCUT2D eigenvalue weighted by atomic mass is 16.7. The van der Waals surface area contributed by atoms with Gasteiger partial charge in [0.25, 0.3) is 0 Å². The van der Waals surface area contributed by atoms with Crippen LogP contribution in [-0.4, -0.2) is 17.4 Å². The van der Waals surface area contributed by atoms with Gasteiger partial charge in [0, 0.05) is 12.8 Å². The van der Waals surface area contributed by atoms with Crippen molar-refractivity contribution in [3.8, 4) is 0 Å². The van der Waals surface area contributed by atoms with Crippen LogP contribution in [0.15, 0.2) is 0 Å². The molecule has 2 aliphatic heterocycles. The molecule has 2 heterocycles. The average molecular weight is 222 g/mol. The van der Waals surface area contributed by atoms with Crippen molar-refractivity contribution in [1.29, 1.82) is 0 Å². The van der Waals surface area contributed by atoms with E-state index in [1.165, 1.54) is 6.42 Å². The molecule has 2 saturated heterocycles. The maximum absolute atomic E-state index is 12.1. The van der Waals surface area contributed by atoms with Crippen molar-refractivity contribution < 1.29 is 14.3 Å². The first-order valence-corrected chi connectivity index (χ1v) is 6.33. The molecule has 88 valence electrons. The first-order chi connectivity index (χ1) is 7.40. The highest BCUT2D eigenvalue weighted by Gasteiger charge is 2.79. The van der Waals surface area contributed by atoms with Gasteiger partial charge >= 0.3 is 5.97 Å². The van der Waals surface area contributed by atoms with Gasteiger partial charge in [-0.05, 0) is 37.5 Å². The van der Waals surface area contributed by atoms with E-state index in [9.17, 15) is 4.79 Å². The minimum Gasteiger partial charge on any atom is -0.433 e. The predicted molar refractivity (Wildman–Crippen MR) is 56.4 cm³/mol. The Labute approximate surface area is 95.5 Å². The lowest BCUT2D eigenvalue weighted by Crippen LogP contribution is -2.81. The summed E-state index contributed by atoms with van der Waals surface area (Å²) in [5.74, 6) is 0.285. The van der Waals surface area contributed by atoms with E-state index < -0.39 is 5.79 Å². The zero-order valence-corrected chi connectivity index (χ0v) is 10.1. The number of hydrogen-bond donors (Lipinski definition) is 0. The topological polar surface area (TPSA) is 35.5 Å². The molecule has 4 fully saturated rings. The lowest BCUT2D eigenvalue weighted by Gasteiger charge is -2.75. The summed E-state index contributed by atoms with van der Waals surface area (Å²) >= 11 is 0. The van der Waals surface area contributed by atoms with Crippen LogP contribution in [0.25, 0.3) is 0 Å². The van der Waals surface area contributed by atoms with Crippen molar-refractivity contribution in [2.24, 2.45) is 23.2 Å². The first kappa shape index (κ1) is 9.46. The minimum absolute atomic E-state index is 0.0144. The van der Waals surface area contributed by atoms with Crippen LogP contribution in [0.4, 0.5) is 0 Å². The second-order valence-electron chi connectivity index (χ2n) is 6.69. The van der Waals surface area contributed by atoms with Crippen molar-refractivity contribution >= 4 is 5.97 Å². The second-order valence-corrected chi connectivity index (χ2v) is 6.69. The molecule has 4 rings (SSSR count). The predicted octanol–water partition coefficient (Wildman–Crippen LogP) is 2.10. The van der Waals surface area contributed by atoms with Crippen LogP contribution in [0.2, 0.25) is 0 Å². The summed E-state index contributed by atoms with van der Waals surface area (Å²) < 4.78 is 11.8. The summed E-state index contributed by atoms with van der Waals surface area (Å²) in [7, 11) is 0. The maximum atomic E-state index is 12.1. The zero-order valence-electron chi connectivity index (χ0n) is 10.1. The zero-order chi connectivity index (χ0) is 11.3. The summed E-state index contributed by atoms with van der Waals surface area (Å²) in [6.45, 7) is 6.32. The largest absolute Gasteiger partial charge is 0.433 e. The Kier molecular flexibility index (Phi) is 1.30. The molecule has 0 amide bonds. The number of hydrogen-bond acceptors (Lipinski definition) is 3. The van der Waals surface area contributed by atoms with Gasteiger partial charge in [0.1, 0.15) is 0 Å². The van der Waals surface area contributed by atoms with Crippen molar-refractivity contribution in [3.63, 3.8) is 0 Å². The van der Waals surface area contributed by atoms with Crippen molar-refractivity contribution in [3.05, 3.63) is 0 Å². The second kappa shape index (κ2) is 2.20. The Morgan fingerprint density at radius 3 is 2.81 bits per heavy atom. The van der Waals surface area contributed by atoms with Gasteiger partial charge in [-0.25, -0.2) is 0 Å². The highest BCUT2D eigenvalue weighted by molar-refractivity contribution is 5.79. The molecule has 2 saturated carbocycles. The Morgan fingerprint density at radius 1 is 1.31 bits per heavy atom. The molecule has 3 heteroatoms. The summed E-state index contributed by atoms with van der Waals surface area (Å²) in [5.41, 5.74) is -0.0974. The van der Waals surface area contributed by atoms with Gasteiger partial charge in [-0.15, -0.1) is 0 Å². The van der Waals surface area contributed by atoms with E-state index in [2.05, 4.69) is 13.8 Å². The third kappa shape index (κ3) is 0.700. The van der Waals surface area contributed by atoms with Crippen LogP contribution in [0.1, 0.15) is 40.0 Å². The molecule has 6 atom stereocenters. The van der Waals surface area contributed by atoms with Crippen LogP contribution in [0.3, 0.4) is 0 Å². The van der Waals surface area contributed by atoms with Crippen LogP contribution in [0, 0.1) is 23.2 Å². The molecule has 0 radical (unpaired) electrons. The van der Waals surface area contributed by atoms with E-state index in [1.807, 2.05) is 6.92 Å². The molecule has 0 aromatic heterocycles. The number of rotatable bonds is 0. The SMILES string of the molecule is C[C@]12OC(=O)[C@@H]3[C@]4(C)CC[C@H]1C[C@@H]4[C@]3(C)O2. The van der Waals surface area contributed by atoms with E-state index in [-0.39, 0.29) is 22.9 Å². The molecule has 4 aliphatic rings. The number of carbonyl (C=O) groups excluding carboxylic acids is 1. The molecule has 16 heavy (non-hydrogen) atoms. The van der Waals surface area contributed by atoms with Gasteiger partial charge in [-0.3, -0.25) is 4.79 Å². The molecule has 3 nitrogen and oxygen atoms in total. The van der Waals surface area contributed by atoms with E-state index in [0.717, 1.165) is 12.8 Å².